The van der Waals surface area contributed by atoms with Crippen molar-refractivity contribution in [3.05, 3.63) is 85.7 Å². The highest BCUT2D eigenvalue weighted by molar-refractivity contribution is 6.04. The fourth-order valence-corrected chi connectivity index (χ4v) is 4.08. The van der Waals surface area contributed by atoms with Crippen molar-refractivity contribution in [3.8, 4) is 0 Å². The molecule has 6 nitrogen and oxygen atoms in total. The SMILES string of the molecule is CC(C)c1ccc(NC(=O)c2ccc(CNc3c(N4CCCCC4)c(=O)c3=O)cc2)cc1. The third-order valence-corrected chi connectivity index (χ3v) is 6.08. The van der Waals surface area contributed by atoms with Gasteiger partial charge >= 0.3 is 0 Å². The molecule has 0 aliphatic carbocycles. The van der Waals surface area contributed by atoms with Crippen LogP contribution < -0.4 is 26.4 Å². The van der Waals surface area contributed by atoms with Crippen LogP contribution in [0, 0.1) is 0 Å². The fourth-order valence-electron chi connectivity index (χ4n) is 4.08. The predicted octanol–water partition coefficient (Wildman–Crippen LogP) is 4.26. The molecule has 2 N–H and O–H groups in total. The van der Waals surface area contributed by atoms with Gasteiger partial charge in [0.25, 0.3) is 16.8 Å². The summed E-state index contributed by atoms with van der Waals surface area (Å²) < 4.78 is 0. The van der Waals surface area contributed by atoms with Gasteiger partial charge < -0.3 is 15.5 Å². The molecule has 0 spiro atoms. The van der Waals surface area contributed by atoms with Gasteiger partial charge in [0, 0.05) is 30.9 Å². The summed E-state index contributed by atoms with van der Waals surface area (Å²) in [5, 5.41) is 6.05. The monoisotopic (exact) mass is 431 g/mol. The normalized spacial score (nSPS) is 14.0. The van der Waals surface area contributed by atoms with E-state index >= 15 is 0 Å². The molecule has 166 valence electrons. The van der Waals surface area contributed by atoms with E-state index in [1.54, 1.807) is 12.1 Å². The van der Waals surface area contributed by atoms with Crippen molar-refractivity contribution in [1.82, 2.24) is 0 Å². The molecular formula is C26H29N3O3. The third-order valence-electron chi connectivity index (χ3n) is 6.08. The summed E-state index contributed by atoms with van der Waals surface area (Å²) in [7, 11) is 0. The first kappa shape index (κ1) is 21.8. The summed E-state index contributed by atoms with van der Waals surface area (Å²) in [4.78, 5) is 38.7. The molecular weight excluding hydrogens is 402 g/mol. The average Bonchev–Trinajstić information content (AvgIpc) is 2.82. The minimum Gasteiger partial charge on any atom is -0.376 e. The van der Waals surface area contributed by atoms with Gasteiger partial charge in [-0.15, -0.1) is 0 Å². The quantitative estimate of drug-likeness (QED) is 0.547. The molecule has 6 heteroatoms. The van der Waals surface area contributed by atoms with Crippen molar-refractivity contribution in [1.29, 1.82) is 0 Å². The first-order valence-corrected chi connectivity index (χ1v) is 11.3. The van der Waals surface area contributed by atoms with Crippen LogP contribution in [0.4, 0.5) is 17.1 Å². The van der Waals surface area contributed by atoms with Gasteiger partial charge in [-0.2, -0.15) is 0 Å². The van der Waals surface area contributed by atoms with Crippen molar-refractivity contribution >= 4 is 23.0 Å². The Balaban J connectivity index is 1.36. The summed E-state index contributed by atoms with van der Waals surface area (Å²) in [6.07, 6.45) is 3.26. The molecule has 3 aromatic rings. The summed E-state index contributed by atoms with van der Waals surface area (Å²) >= 11 is 0. The van der Waals surface area contributed by atoms with Crippen LogP contribution in [0.5, 0.6) is 0 Å². The molecule has 1 saturated heterocycles. The first-order valence-electron chi connectivity index (χ1n) is 11.3. The maximum Gasteiger partial charge on any atom is 0.255 e. The van der Waals surface area contributed by atoms with Gasteiger partial charge in [0.15, 0.2) is 0 Å². The lowest BCUT2D eigenvalue weighted by molar-refractivity contribution is 0.102. The van der Waals surface area contributed by atoms with E-state index in [2.05, 4.69) is 24.5 Å². The second-order valence-electron chi connectivity index (χ2n) is 8.71. The number of nitrogens with one attached hydrogen (secondary N) is 2. The maximum absolute atomic E-state index is 12.5. The molecule has 0 bridgehead atoms. The fraction of sp³-hybridized carbons (Fsp3) is 0.346. The number of nitrogens with zero attached hydrogens (tertiary/aromatic N) is 1. The molecule has 1 fully saturated rings. The highest BCUT2D eigenvalue weighted by Crippen LogP contribution is 2.24. The van der Waals surface area contributed by atoms with E-state index in [9.17, 15) is 14.4 Å². The Kier molecular flexibility index (Phi) is 6.40. The van der Waals surface area contributed by atoms with Gasteiger partial charge in [-0.3, -0.25) is 14.4 Å². The van der Waals surface area contributed by atoms with Crippen molar-refractivity contribution in [2.24, 2.45) is 0 Å². The molecule has 0 aromatic heterocycles. The van der Waals surface area contributed by atoms with E-state index in [0.717, 1.165) is 43.6 Å². The van der Waals surface area contributed by atoms with E-state index in [1.807, 2.05) is 41.3 Å². The Labute approximate surface area is 188 Å². The standard InChI is InChI=1S/C26H29N3O3/c1-17(2)19-10-12-21(13-11-19)28-26(32)20-8-6-18(7-9-20)16-27-22-23(25(31)24(22)30)29-14-4-3-5-15-29/h6-13,17,27H,3-5,14-16H2,1-2H3,(H,28,32). The molecule has 1 aliphatic rings. The minimum absolute atomic E-state index is 0.170. The smallest absolute Gasteiger partial charge is 0.255 e. The number of anilines is 3. The zero-order valence-electron chi connectivity index (χ0n) is 18.6. The topological polar surface area (TPSA) is 78.5 Å². The molecule has 1 heterocycles. The van der Waals surface area contributed by atoms with Gasteiger partial charge in [0.2, 0.25) is 0 Å². The van der Waals surface area contributed by atoms with E-state index in [4.69, 9.17) is 0 Å². The zero-order valence-corrected chi connectivity index (χ0v) is 18.6. The molecule has 0 saturated carbocycles. The van der Waals surface area contributed by atoms with Gasteiger partial charge in [-0.25, -0.2) is 0 Å². The number of hydrogen-bond acceptors (Lipinski definition) is 5. The largest absolute Gasteiger partial charge is 0.376 e. The van der Waals surface area contributed by atoms with Gasteiger partial charge in [0.05, 0.1) is 0 Å². The van der Waals surface area contributed by atoms with Crippen LogP contribution in [0.25, 0.3) is 0 Å². The molecule has 0 atom stereocenters. The summed E-state index contributed by atoms with van der Waals surface area (Å²) in [6.45, 7) is 6.33. The van der Waals surface area contributed by atoms with Crippen LogP contribution in [-0.4, -0.2) is 19.0 Å². The van der Waals surface area contributed by atoms with Crippen molar-refractivity contribution in [2.75, 3.05) is 28.6 Å². The molecule has 3 aromatic carbocycles. The lowest BCUT2D eigenvalue weighted by atomic mass is 10.0. The number of benzene rings is 2. The van der Waals surface area contributed by atoms with Crippen LogP contribution in [0.1, 0.15) is 60.5 Å². The highest BCUT2D eigenvalue weighted by atomic mass is 16.2. The van der Waals surface area contributed by atoms with E-state index in [0.29, 0.717) is 29.4 Å². The summed E-state index contributed by atoms with van der Waals surface area (Å²) in [5.41, 5.74) is 3.61. The number of hydrogen-bond donors (Lipinski definition) is 2. The number of rotatable bonds is 7. The van der Waals surface area contributed by atoms with Crippen molar-refractivity contribution < 1.29 is 4.79 Å². The van der Waals surface area contributed by atoms with Crippen LogP contribution in [0.3, 0.4) is 0 Å². The Bertz CT molecular complexity index is 1150. The number of carbonyl (C=O) groups excluding carboxylic acids is 1. The minimum atomic E-state index is -0.440. The number of amides is 1. The maximum atomic E-state index is 12.5. The molecule has 1 aliphatic heterocycles. The molecule has 0 unspecified atom stereocenters. The Morgan fingerprint density at radius 1 is 0.906 bits per heavy atom. The van der Waals surface area contributed by atoms with Crippen LogP contribution in [0.15, 0.2) is 58.1 Å². The third kappa shape index (κ3) is 4.59. The average molecular weight is 432 g/mol. The second kappa shape index (κ2) is 9.39. The number of piperidine rings is 1. The lowest BCUT2D eigenvalue weighted by Crippen LogP contribution is -2.44. The van der Waals surface area contributed by atoms with Gasteiger partial charge in [-0.05, 0) is 60.6 Å². The number of carbonyl (C=O) groups is 1. The Morgan fingerprint density at radius 3 is 2.19 bits per heavy atom. The molecule has 4 rings (SSSR count). The van der Waals surface area contributed by atoms with E-state index in [1.165, 1.54) is 5.56 Å². The second-order valence-corrected chi connectivity index (χ2v) is 8.71. The van der Waals surface area contributed by atoms with Crippen LogP contribution in [-0.2, 0) is 6.54 Å². The van der Waals surface area contributed by atoms with Gasteiger partial charge in [0.1, 0.15) is 11.4 Å². The summed E-state index contributed by atoms with van der Waals surface area (Å²) in [5.74, 6) is 0.276. The highest BCUT2D eigenvalue weighted by Gasteiger charge is 2.26. The lowest BCUT2D eigenvalue weighted by Gasteiger charge is -2.30. The molecule has 1 amide bonds. The van der Waals surface area contributed by atoms with Crippen molar-refractivity contribution in [3.63, 3.8) is 0 Å². The van der Waals surface area contributed by atoms with Crippen LogP contribution >= 0.6 is 0 Å². The Hall–Kier alpha value is -3.41. The van der Waals surface area contributed by atoms with E-state index in [-0.39, 0.29) is 11.3 Å². The van der Waals surface area contributed by atoms with E-state index < -0.39 is 5.43 Å². The Morgan fingerprint density at radius 2 is 1.56 bits per heavy atom. The molecule has 0 radical (unpaired) electrons. The zero-order chi connectivity index (χ0) is 22.7. The van der Waals surface area contributed by atoms with Crippen LogP contribution in [0.2, 0.25) is 0 Å². The molecule has 32 heavy (non-hydrogen) atoms. The summed E-state index contributed by atoms with van der Waals surface area (Å²) in [6, 6.07) is 15.1. The van der Waals surface area contributed by atoms with Crippen molar-refractivity contribution in [2.45, 2.75) is 45.6 Å². The van der Waals surface area contributed by atoms with Gasteiger partial charge in [-0.1, -0.05) is 38.1 Å². The first-order chi connectivity index (χ1) is 15.4. The predicted molar refractivity (Wildman–Crippen MR) is 130 cm³/mol.